The molecule has 130 valence electrons. The lowest BCUT2D eigenvalue weighted by Crippen LogP contribution is -2.26. The number of phenols is 1. The lowest BCUT2D eigenvalue weighted by Gasteiger charge is -2.27. The molecule has 2 atom stereocenters. The number of hydrogen-bond donors (Lipinski definition) is 5. The van der Waals surface area contributed by atoms with Crippen molar-refractivity contribution in [2.45, 2.75) is 31.8 Å². The number of rotatable bonds is 5. The Bertz CT molecular complexity index is 749. The van der Waals surface area contributed by atoms with Gasteiger partial charge in [0.1, 0.15) is 11.5 Å². The molecule has 5 N–H and O–H groups in total. The Morgan fingerprint density at radius 3 is 2.58 bits per heavy atom. The van der Waals surface area contributed by atoms with E-state index in [4.69, 9.17) is 9.79 Å². The van der Waals surface area contributed by atoms with Crippen LogP contribution in [0.25, 0.3) is 0 Å². The molecular formula is C16H20NO6P. The summed E-state index contributed by atoms with van der Waals surface area (Å²) in [7, 11) is -4.66. The molecule has 0 amide bonds. The largest absolute Gasteiger partial charge is 0.508 e. The van der Waals surface area contributed by atoms with Gasteiger partial charge in [-0.3, -0.25) is 0 Å². The first-order chi connectivity index (χ1) is 11.2. The second kappa shape index (κ2) is 7.32. The highest BCUT2D eigenvalue weighted by Gasteiger charge is 2.29. The highest BCUT2D eigenvalue weighted by molar-refractivity contribution is 7.50. The van der Waals surface area contributed by atoms with Crippen LogP contribution >= 0.6 is 7.75 Å². The topological polar surface area (TPSA) is 131 Å². The first kappa shape index (κ1) is 18.4. The van der Waals surface area contributed by atoms with E-state index < -0.39 is 19.8 Å². The fourth-order valence-corrected chi connectivity index (χ4v) is 3.26. The zero-order valence-corrected chi connectivity index (χ0v) is 14.0. The Labute approximate surface area is 139 Å². The lowest BCUT2D eigenvalue weighted by molar-refractivity contribution is 0.180. The molecule has 7 nitrogen and oxygen atoms in total. The van der Waals surface area contributed by atoms with Crippen LogP contribution in [-0.2, 0) is 4.57 Å². The van der Waals surface area contributed by atoms with E-state index in [0.717, 1.165) is 0 Å². The lowest BCUT2D eigenvalue weighted by atomic mass is 9.83. The van der Waals surface area contributed by atoms with Crippen molar-refractivity contribution >= 4 is 13.5 Å². The van der Waals surface area contributed by atoms with Gasteiger partial charge in [0.25, 0.3) is 0 Å². The van der Waals surface area contributed by atoms with Gasteiger partial charge in [0.15, 0.2) is 0 Å². The molecule has 24 heavy (non-hydrogen) atoms. The van der Waals surface area contributed by atoms with Crippen molar-refractivity contribution in [3.05, 3.63) is 53.3 Å². The monoisotopic (exact) mass is 353 g/mol. The minimum absolute atomic E-state index is 0.0102. The Hall–Kier alpha value is -1.92. The van der Waals surface area contributed by atoms with Crippen LogP contribution in [0.4, 0.5) is 0 Å². The number of allylic oxidation sites excluding steroid dienone is 2. The molecule has 1 aromatic carbocycles. The summed E-state index contributed by atoms with van der Waals surface area (Å²) >= 11 is 0. The van der Waals surface area contributed by atoms with E-state index in [1.54, 1.807) is 12.1 Å². The van der Waals surface area contributed by atoms with Crippen LogP contribution in [0.1, 0.15) is 31.2 Å². The number of aliphatic hydroxyl groups excluding tert-OH is 2. The van der Waals surface area contributed by atoms with E-state index in [1.807, 2.05) is 6.92 Å². The fraction of sp³-hybridized carbons (Fsp3) is 0.312. The van der Waals surface area contributed by atoms with E-state index >= 15 is 0 Å². The summed E-state index contributed by atoms with van der Waals surface area (Å²) in [6.07, 6.45) is 2.00. The van der Waals surface area contributed by atoms with E-state index in [0.29, 0.717) is 12.0 Å². The molecule has 0 aromatic heterocycles. The van der Waals surface area contributed by atoms with Crippen molar-refractivity contribution in [2.75, 3.05) is 0 Å². The third-order valence-corrected chi connectivity index (χ3v) is 4.33. The normalized spacial score (nSPS) is 19.6. The Morgan fingerprint density at radius 1 is 1.29 bits per heavy atom. The molecule has 0 aliphatic heterocycles. The summed E-state index contributed by atoms with van der Waals surface area (Å²) < 4.78 is 14.6. The van der Waals surface area contributed by atoms with Crippen LogP contribution in [0.15, 0.2) is 52.5 Å². The molecular weight excluding hydrogens is 333 g/mol. The minimum atomic E-state index is -4.66. The average Bonchev–Trinajstić information content (AvgIpc) is 2.48. The first-order valence-corrected chi connectivity index (χ1v) is 9.00. The third kappa shape index (κ3) is 4.55. The third-order valence-electron chi connectivity index (χ3n) is 3.83. The number of hydrogen-bond acceptors (Lipinski definition) is 4. The smallest absolute Gasteiger partial charge is 0.448 e. The number of benzene rings is 1. The van der Waals surface area contributed by atoms with Crippen molar-refractivity contribution in [3.63, 3.8) is 0 Å². The fourth-order valence-electron chi connectivity index (χ4n) is 2.75. The van der Waals surface area contributed by atoms with Gasteiger partial charge in [0, 0.05) is 17.9 Å². The van der Waals surface area contributed by atoms with E-state index in [-0.39, 0.29) is 29.2 Å². The number of nitrogens with zero attached hydrogens (tertiary/aromatic N) is 1. The molecule has 0 saturated heterocycles. The molecule has 2 rings (SSSR count). The zero-order chi connectivity index (χ0) is 17.9. The summed E-state index contributed by atoms with van der Waals surface area (Å²) in [5.74, 6) is -0.474. The van der Waals surface area contributed by atoms with Gasteiger partial charge in [0.05, 0.1) is 11.8 Å². The van der Waals surface area contributed by atoms with Crippen LogP contribution in [0, 0.1) is 0 Å². The molecule has 0 heterocycles. The molecule has 2 unspecified atom stereocenters. The summed E-state index contributed by atoms with van der Waals surface area (Å²) in [5, 5.41) is 30.1. The van der Waals surface area contributed by atoms with E-state index in [1.165, 1.54) is 24.3 Å². The molecule has 1 aliphatic rings. The summed E-state index contributed by atoms with van der Waals surface area (Å²) in [5.41, 5.74) is 0.872. The minimum Gasteiger partial charge on any atom is -0.508 e. The Balaban J connectivity index is 2.43. The van der Waals surface area contributed by atoms with Gasteiger partial charge in [-0.15, -0.1) is 0 Å². The molecule has 8 heteroatoms. The van der Waals surface area contributed by atoms with Crippen LogP contribution < -0.4 is 0 Å². The second-order valence-corrected chi connectivity index (χ2v) is 6.77. The van der Waals surface area contributed by atoms with Crippen molar-refractivity contribution in [3.8, 4) is 5.75 Å². The van der Waals surface area contributed by atoms with Gasteiger partial charge in [-0.1, -0.05) is 19.1 Å². The molecule has 0 bridgehead atoms. The van der Waals surface area contributed by atoms with Crippen LogP contribution in [0.3, 0.4) is 0 Å². The Kier molecular flexibility index (Phi) is 5.62. The van der Waals surface area contributed by atoms with Crippen LogP contribution in [0.5, 0.6) is 5.75 Å². The average molecular weight is 353 g/mol. The van der Waals surface area contributed by atoms with Crippen molar-refractivity contribution in [1.29, 1.82) is 0 Å². The number of aromatic hydroxyl groups is 1. The van der Waals surface area contributed by atoms with Crippen molar-refractivity contribution in [1.82, 2.24) is 0 Å². The SMILES string of the molecule is CCC(c1cccc(O)c1)C(O)C1=CC(O)=CCC1=NP(=O)(O)O. The second-order valence-electron chi connectivity index (χ2n) is 5.55. The summed E-state index contributed by atoms with van der Waals surface area (Å²) in [4.78, 5) is 18.2. The van der Waals surface area contributed by atoms with Gasteiger partial charge >= 0.3 is 7.75 Å². The number of phenolic OH excluding ortho intramolecular Hbond substituents is 1. The Morgan fingerprint density at radius 2 is 2.00 bits per heavy atom. The molecule has 1 aromatic rings. The summed E-state index contributed by atoms with van der Waals surface area (Å²) in [6.45, 7) is 1.84. The predicted octanol–water partition coefficient (Wildman–Crippen LogP) is 2.55. The zero-order valence-electron chi connectivity index (χ0n) is 13.1. The molecule has 0 fully saturated rings. The highest BCUT2D eigenvalue weighted by atomic mass is 31.2. The van der Waals surface area contributed by atoms with E-state index in [2.05, 4.69) is 4.76 Å². The van der Waals surface area contributed by atoms with Gasteiger partial charge in [-0.2, -0.15) is 4.76 Å². The molecule has 0 spiro atoms. The van der Waals surface area contributed by atoms with Gasteiger partial charge in [-0.05, 0) is 36.3 Å². The van der Waals surface area contributed by atoms with Crippen LogP contribution in [0.2, 0.25) is 0 Å². The van der Waals surface area contributed by atoms with Crippen molar-refractivity contribution in [2.24, 2.45) is 4.76 Å². The standard InChI is InChI=1S/C16H20NO6P/c1-2-13(10-4-3-5-11(18)8-10)16(20)14-9-12(19)6-7-15(14)17-24(21,22)23/h3-6,8-9,13,16,18-20H,2,7H2,1H3,(H2,21,22,23). The van der Waals surface area contributed by atoms with Crippen LogP contribution in [-0.4, -0.2) is 36.9 Å². The first-order valence-electron chi connectivity index (χ1n) is 7.44. The van der Waals surface area contributed by atoms with E-state index in [9.17, 15) is 19.9 Å². The number of aliphatic hydroxyl groups is 2. The highest BCUT2D eigenvalue weighted by Crippen LogP contribution is 2.40. The molecule has 1 aliphatic carbocycles. The molecule has 0 radical (unpaired) electrons. The van der Waals surface area contributed by atoms with Gasteiger partial charge < -0.3 is 25.1 Å². The van der Waals surface area contributed by atoms with Gasteiger partial charge in [0.2, 0.25) is 0 Å². The maximum atomic E-state index is 11.2. The predicted molar refractivity (Wildman–Crippen MR) is 90.0 cm³/mol. The summed E-state index contributed by atoms with van der Waals surface area (Å²) in [6, 6.07) is 6.43. The maximum Gasteiger partial charge on any atom is 0.448 e. The van der Waals surface area contributed by atoms with Crippen molar-refractivity contribution < 1.29 is 29.7 Å². The maximum absolute atomic E-state index is 11.2. The molecule has 0 saturated carbocycles. The van der Waals surface area contributed by atoms with Gasteiger partial charge in [-0.25, -0.2) is 4.57 Å². The quantitative estimate of drug-likeness (QED) is 0.517.